The minimum atomic E-state index is -4.58. The third-order valence-electron chi connectivity index (χ3n) is 4.24. The molecule has 1 fully saturated rings. The molecule has 1 saturated heterocycles. The standard InChI is InChI=1S/C19H18ClF3N2O2/c20-14-3-1-13(2-4-14)11-18(26)24-17-6-5-15(12-16(17)19(21,22)23)25-7-9-27-10-8-25/h1-6,12H,7-11H2,(H,24,26). The molecule has 0 bridgehead atoms. The highest BCUT2D eigenvalue weighted by molar-refractivity contribution is 6.30. The van der Waals surface area contributed by atoms with Gasteiger partial charge in [0.2, 0.25) is 5.91 Å². The topological polar surface area (TPSA) is 41.6 Å². The number of nitrogens with one attached hydrogen (secondary N) is 1. The van der Waals surface area contributed by atoms with Crippen LogP contribution in [-0.4, -0.2) is 32.2 Å². The third kappa shape index (κ3) is 5.14. The van der Waals surface area contributed by atoms with E-state index in [1.165, 1.54) is 6.07 Å². The summed E-state index contributed by atoms with van der Waals surface area (Å²) in [4.78, 5) is 14.0. The Bertz CT molecular complexity index is 804. The van der Waals surface area contributed by atoms with E-state index in [9.17, 15) is 18.0 Å². The Balaban J connectivity index is 1.79. The second-order valence-electron chi connectivity index (χ2n) is 6.18. The highest BCUT2D eigenvalue weighted by Gasteiger charge is 2.34. The zero-order valence-corrected chi connectivity index (χ0v) is 15.1. The summed E-state index contributed by atoms with van der Waals surface area (Å²) in [7, 11) is 0. The molecular weight excluding hydrogens is 381 g/mol. The highest BCUT2D eigenvalue weighted by atomic mass is 35.5. The lowest BCUT2D eigenvalue weighted by Crippen LogP contribution is -2.36. The number of carbonyl (C=O) groups excluding carboxylic acids is 1. The number of anilines is 2. The first-order chi connectivity index (χ1) is 12.8. The van der Waals surface area contributed by atoms with Gasteiger partial charge in [-0.05, 0) is 35.9 Å². The van der Waals surface area contributed by atoms with Gasteiger partial charge in [0, 0.05) is 23.8 Å². The van der Waals surface area contributed by atoms with Gasteiger partial charge >= 0.3 is 6.18 Å². The zero-order chi connectivity index (χ0) is 19.4. The van der Waals surface area contributed by atoms with E-state index < -0.39 is 17.6 Å². The van der Waals surface area contributed by atoms with Gasteiger partial charge in [0.1, 0.15) is 0 Å². The van der Waals surface area contributed by atoms with Crippen LogP contribution < -0.4 is 10.2 Å². The SMILES string of the molecule is O=C(Cc1ccc(Cl)cc1)Nc1ccc(N2CCOCC2)cc1C(F)(F)F. The lowest BCUT2D eigenvalue weighted by molar-refractivity contribution is -0.136. The molecule has 8 heteroatoms. The first-order valence-electron chi connectivity index (χ1n) is 8.41. The molecule has 1 heterocycles. The number of alkyl halides is 3. The van der Waals surface area contributed by atoms with Crippen LogP contribution in [0.25, 0.3) is 0 Å². The number of nitrogens with zero attached hydrogens (tertiary/aromatic N) is 1. The van der Waals surface area contributed by atoms with Crippen LogP contribution in [0.4, 0.5) is 24.5 Å². The number of benzene rings is 2. The van der Waals surface area contributed by atoms with Gasteiger partial charge in [0.05, 0.1) is 30.9 Å². The van der Waals surface area contributed by atoms with Crippen molar-refractivity contribution in [1.82, 2.24) is 0 Å². The number of carbonyl (C=O) groups is 1. The third-order valence-corrected chi connectivity index (χ3v) is 4.49. The van der Waals surface area contributed by atoms with Crippen molar-refractivity contribution in [2.75, 3.05) is 36.5 Å². The summed E-state index contributed by atoms with van der Waals surface area (Å²) >= 11 is 5.79. The van der Waals surface area contributed by atoms with Crippen LogP contribution in [-0.2, 0) is 22.1 Å². The van der Waals surface area contributed by atoms with E-state index in [4.69, 9.17) is 16.3 Å². The maximum atomic E-state index is 13.5. The molecule has 144 valence electrons. The lowest BCUT2D eigenvalue weighted by atomic mass is 10.1. The van der Waals surface area contributed by atoms with Gasteiger partial charge in [0.15, 0.2) is 0 Å². The molecule has 0 aliphatic carbocycles. The molecular formula is C19H18ClF3N2O2. The number of hydrogen-bond donors (Lipinski definition) is 1. The summed E-state index contributed by atoms with van der Waals surface area (Å²) in [6, 6.07) is 10.5. The Labute approximate surface area is 159 Å². The summed E-state index contributed by atoms with van der Waals surface area (Å²) in [6.07, 6.45) is -4.62. The number of morpholine rings is 1. The van der Waals surface area contributed by atoms with Gasteiger partial charge < -0.3 is 15.0 Å². The van der Waals surface area contributed by atoms with Crippen molar-refractivity contribution in [1.29, 1.82) is 0 Å². The van der Waals surface area contributed by atoms with Crippen molar-refractivity contribution in [2.24, 2.45) is 0 Å². The maximum absolute atomic E-state index is 13.5. The molecule has 1 aliphatic heterocycles. The van der Waals surface area contributed by atoms with E-state index in [2.05, 4.69) is 5.32 Å². The normalized spacial score (nSPS) is 14.9. The molecule has 0 radical (unpaired) electrons. The predicted octanol–water partition coefficient (Wildman–Crippen LogP) is 4.38. The van der Waals surface area contributed by atoms with E-state index in [-0.39, 0.29) is 12.1 Å². The van der Waals surface area contributed by atoms with Crippen molar-refractivity contribution in [3.63, 3.8) is 0 Å². The Morgan fingerprint density at radius 3 is 2.41 bits per heavy atom. The van der Waals surface area contributed by atoms with E-state index >= 15 is 0 Å². The number of halogens is 4. The van der Waals surface area contributed by atoms with Crippen LogP contribution >= 0.6 is 11.6 Å². The van der Waals surface area contributed by atoms with Crippen molar-refractivity contribution >= 4 is 28.9 Å². The molecule has 1 amide bonds. The van der Waals surface area contributed by atoms with Gasteiger partial charge in [-0.3, -0.25) is 4.79 Å². The number of hydrogen-bond acceptors (Lipinski definition) is 3. The molecule has 27 heavy (non-hydrogen) atoms. The summed E-state index contributed by atoms with van der Waals surface area (Å²) < 4.78 is 45.8. The Morgan fingerprint density at radius 1 is 1.11 bits per heavy atom. The number of ether oxygens (including phenoxy) is 1. The van der Waals surface area contributed by atoms with Crippen molar-refractivity contribution in [2.45, 2.75) is 12.6 Å². The van der Waals surface area contributed by atoms with Gasteiger partial charge in [-0.1, -0.05) is 23.7 Å². The minimum absolute atomic E-state index is 0.0420. The Hall–Kier alpha value is -2.25. The highest BCUT2D eigenvalue weighted by Crippen LogP contribution is 2.37. The lowest BCUT2D eigenvalue weighted by Gasteiger charge is -2.29. The Kier molecular flexibility index (Phi) is 5.92. The second-order valence-corrected chi connectivity index (χ2v) is 6.61. The van der Waals surface area contributed by atoms with E-state index in [0.29, 0.717) is 42.6 Å². The van der Waals surface area contributed by atoms with Gasteiger partial charge in [-0.2, -0.15) is 13.2 Å². The number of amides is 1. The predicted molar refractivity (Wildman–Crippen MR) is 98.3 cm³/mol. The van der Waals surface area contributed by atoms with E-state index in [1.807, 2.05) is 4.90 Å². The van der Waals surface area contributed by atoms with Gasteiger partial charge in [-0.25, -0.2) is 0 Å². The van der Waals surface area contributed by atoms with Crippen molar-refractivity contribution in [3.05, 3.63) is 58.6 Å². The largest absolute Gasteiger partial charge is 0.418 e. The Morgan fingerprint density at radius 2 is 1.78 bits per heavy atom. The average molecular weight is 399 g/mol. The molecule has 2 aromatic carbocycles. The molecule has 0 saturated carbocycles. The van der Waals surface area contributed by atoms with Crippen LogP contribution in [0.2, 0.25) is 5.02 Å². The second kappa shape index (κ2) is 8.19. The molecule has 4 nitrogen and oxygen atoms in total. The van der Waals surface area contributed by atoms with E-state index in [0.717, 1.165) is 6.07 Å². The molecule has 0 spiro atoms. The molecule has 1 aliphatic rings. The first kappa shape index (κ1) is 19.5. The first-order valence-corrected chi connectivity index (χ1v) is 8.79. The summed E-state index contributed by atoms with van der Waals surface area (Å²) in [5, 5.41) is 2.90. The summed E-state index contributed by atoms with van der Waals surface area (Å²) in [6.45, 7) is 2.00. The van der Waals surface area contributed by atoms with Crippen molar-refractivity contribution < 1.29 is 22.7 Å². The van der Waals surface area contributed by atoms with Crippen molar-refractivity contribution in [3.8, 4) is 0 Å². The molecule has 3 rings (SSSR count). The van der Waals surface area contributed by atoms with Crippen LogP contribution in [0, 0.1) is 0 Å². The fourth-order valence-corrected chi connectivity index (χ4v) is 3.00. The summed E-state index contributed by atoms with van der Waals surface area (Å²) in [5.74, 6) is -0.526. The van der Waals surface area contributed by atoms with E-state index in [1.54, 1.807) is 30.3 Å². The van der Waals surface area contributed by atoms with Crippen LogP contribution in [0.5, 0.6) is 0 Å². The molecule has 0 unspecified atom stereocenters. The quantitative estimate of drug-likeness (QED) is 0.831. The molecule has 0 atom stereocenters. The molecule has 2 aromatic rings. The fourth-order valence-electron chi connectivity index (χ4n) is 2.88. The molecule has 1 N–H and O–H groups in total. The maximum Gasteiger partial charge on any atom is 0.418 e. The van der Waals surface area contributed by atoms with Gasteiger partial charge in [-0.15, -0.1) is 0 Å². The monoisotopic (exact) mass is 398 g/mol. The average Bonchev–Trinajstić information content (AvgIpc) is 2.64. The van der Waals surface area contributed by atoms with Crippen LogP contribution in [0.3, 0.4) is 0 Å². The smallest absolute Gasteiger partial charge is 0.378 e. The fraction of sp³-hybridized carbons (Fsp3) is 0.316. The number of rotatable bonds is 4. The zero-order valence-electron chi connectivity index (χ0n) is 14.4. The summed E-state index contributed by atoms with van der Waals surface area (Å²) in [5.41, 5.74) is 0.00569. The minimum Gasteiger partial charge on any atom is -0.378 e. The molecule has 0 aromatic heterocycles. The van der Waals surface area contributed by atoms with Crippen LogP contribution in [0.1, 0.15) is 11.1 Å². The van der Waals surface area contributed by atoms with Crippen LogP contribution in [0.15, 0.2) is 42.5 Å². The van der Waals surface area contributed by atoms with Gasteiger partial charge in [0.25, 0.3) is 0 Å².